The second kappa shape index (κ2) is 10.6. The van der Waals surface area contributed by atoms with Crippen LogP contribution in [0.2, 0.25) is 0 Å². The Balaban J connectivity index is 1.42. The molecular formula is C20H30N4O3S. The largest absolute Gasteiger partial charge is 0.378 e. The van der Waals surface area contributed by atoms with Crippen LogP contribution in [0.4, 0.5) is 0 Å². The molecule has 1 N–H and O–H groups in total. The summed E-state index contributed by atoms with van der Waals surface area (Å²) in [4.78, 5) is 22.0. The van der Waals surface area contributed by atoms with Crippen molar-refractivity contribution in [1.29, 1.82) is 0 Å². The van der Waals surface area contributed by atoms with Gasteiger partial charge in [0.15, 0.2) is 5.96 Å². The number of piperidine rings is 1. The maximum atomic E-state index is 12.7. The molecule has 2 aliphatic heterocycles. The van der Waals surface area contributed by atoms with Gasteiger partial charge in [0.25, 0.3) is 0 Å². The van der Waals surface area contributed by atoms with Crippen LogP contribution in [0.3, 0.4) is 0 Å². The topological polar surface area (TPSA) is 74.2 Å². The molecule has 1 atom stereocenters. The number of likely N-dealkylation sites (tertiary alicyclic amines) is 1. The molecule has 1 aromatic carbocycles. The van der Waals surface area contributed by atoms with E-state index in [1.807, 2.05) is 35.2 Å². The van der Waals surface area contributed by atoms with Gasteiger partial charge in [-0.05, 0) is 25.0 Å². The summed E-state index contributed by atoms with van der Waals surface area (Å²) in [7, 11) is 0.747. The van der Waals surface area contributed by atoms with Crippen molar-refractivity contribution in [2.75, 3.05) is 58.7 Å². The quantitative estimate of drug-likeness (QED) is 0.582. The van der Waals surface area contributed by atoms with Crippen LogP contribution in [-0.4, -0.2) is 84.6 Å². The van der Waals surface area contributed by atoms with E-state index in [1.54, 1.807) is 7.05 Å². The molecule has 2 aliphatic rings. The van der Waals surface area contributed by atoms with Crippen molar-refractivity contribution >= 4 is 22.7 Å². The molecule has 0 aliphatic carbocycles. The number of nitrogens with one attached hydrogen (secondary N) is 1. The average Bonchev–Trinajstić information content (AvgIpc) is 2.77. The molecule has 3 rings (SSSR count). The molecular weight excluding hydrogens is 376 g/mol. The van der Waals surface area contributed by atoms with Gasteiger partial charge in [0.1, 0.15) is 0 Å². The van der Waals surface area contributed by atoms with E-state index in [9.17, 15) is 9.00 Å². The lowest BCUT2D eigenvalue weighted by atomic mass is 9.95. The van der Waals surface area contributed by atoms with Crippen molar-refractivity contribution in [1.82, 2.24) is 15.1 Å². The van der Waals surface area contributed by atoms with E-state index in [0.29, 0.717) is 38.6 Å². The van der Waals surface area contributed by atoms with E-state index in [1.165, 1.54) is 0 Å². The van der Waals surface area contributed by atoms with Gasteiger partial charge in [-0.1, -0.05) is 18.2 Å². The van der Waals surface area contributed by atoms with E-state index in [4.69, 9.17) is 4.74 Å². The normalized spacial score (nSPS) is 20.1. The summed E-state index contributed by atoms with van der Waals surface area (Å²) in [6.45, 7) is 4.92. The van der Waals surface area contributed by atoms with Crippen molar-refractivity contribution in [2.24, 2.45) is 10.9 Å². The first-order chi connectivity index (χ1) is 13.7. The number of carbonyl (C=O) groups is 1. The van der Waals surface area contributed by atoms with Crippen LogP contribution in [0.15, 0.2) is 40.2 Å². The number of aliphatic imine (C=N–C) groups is 1. The molecule has 28 heavy (non-hydrogen) atoms. The number of amides is 1. The summed E-state index contributed by atoms with van der Waals surface area (Å²) in [5, 5.41) is 3.32. The molecule has 0 bridgehead atoms. The third-order valence-corrected chi connectivity index (χ3v) is 6.63. The summed E-state index contributed by atoms with van der Waals surface area (Å²) >= 11 is 0. The van der Waals surface area contributed by atoms with Crippen molar-refractivity contribution in [3.8, 4) is 0 Å². The molecule has 0 saturated carbocycles. The van der Waals surface area contributed by atoms with Gasteiger partial charge in [0, 0.05) is 56.3 Å². The fourth-order valence-corrected chi connectivity index (χ4v) is 4.64. The Morgan fingerprint density at radius 1 is 1.14 bits per heavy atom. The highest BCUT2D eigenvalue weighted by molar-refractivity contribution is 7.85. The van der Waals surface area contributed by atoms with Crippen LogP contribution < -0.4 is 5.32 Å². The Morgan fingerprint density at radius 3 is 2.46 bits per heavy atom. The zero-order valence-electron chi connectivity index (χ0n) is 16.5. The SMILES string of the molecule is CN=C(NCCS(=O)c1ccccc1)N1CCC(C(=O)N2CCOCC2)CC1. The summed E-state index contributed by atoms with van der Waals surface area (Å²) < 4.78 is 17.7. The van der Waals surface area contributed by atoms with Crippen LogP contribution >= 0.6 is 0 Å². The molecule has 1 amide bonds. The van der Waals surface area contributed by atoms with E-state index in [2.05, 4.69) is 15.2 Å². The van der Waals surface area contributed by atoms with Gasteiger partial charge in [-0.25, -0.2) is 0 Å². The van der Waals surface area contributed by atoms with Gasteiger partial charge in [-0.2, -0.15) is 0 Å². The minimum absolute atomic E-state index is 0.0954. The van der Waals surface area contributed by atoms with Crippen LogP contribution in [0.1, 0.15) is 12.8 Å². The molecule has 8 heteroatoms. The van der Waals surface area contributed by atoms with E-state index in [0.717, 1.165) is 36.8 Å². The van der Waals surface area contributed by atoms with Crippen LogP contribution in [-0.2, 0) is 20.3 Å². The predicted octanol–water partition coefficient (Wildman–Crippen LogP) is 0.940. The van der Waals surface area contributed by atoms with Gasteiger partial charge >= 0.3 is 0 Å². The minimum Gasteiger partial charge on any atom is -0.378 e. The lowest BCUT2D eigenvalue weighted by Gasteiger charge is -2.36. The highest BCUT2D eigenvalue weighted by atomic mass is 32.2. The van der Waals surface area contributed by atoms with Gasteiger partial charge in [-0.15, -0.1) is 0 Å². The van der Waals surface area contributed by atoms with Gasteiger partial charge in [0.2, 0.25) is 5.91 Å². The third-order valence-electron chi connectivity index (χ3n) is 5.25. The number of carbonyl (C=O) groups excluding carboxylic acids is 1. The summed E-state index contributed by atoms with van der Waals surface area (Å²) in [5.74, 6) is 1.72. The molecule has 7 nitrogen and oxygen atoms in total. The average molecular weight is 407 g/mol. The standard InChI is InChI=1S/C20H30N4O3S/c1-21-20(22-9-16-28(26)18-5-3-2-4-6-18)24-10-7-17(8-11-24)19(25)23-12-14-27-15-13-23/h2-6,17H,7-16H2,1H3,(H,21,22). The zero-order valence-corrected chi connectivity index (χ0v) is 17.3. The van der Waals surface area contributed by atoms with Crippen molar-refractivity contribution < 1.29 is 13.7 Å². The molecule has 0 aromatic heterocycles. The van der Waals surface area contributed by atoms with Crippen LogP contribution in [0, 0.1) is 5.92 Å². The third kappa shape index (κ3) is 5.54. The fraction of sp³-hybridized carbons (Fsp3) is 0.600. The van der Waals surface area contributed by atoms with Gasteiger partial charge in [-0.3, -0.25) is 14.0 Å². The highest BCUT2D eigenvalue weighted by Gasteiger charge is 2.30. The number of guanidine groups is 1. The maximum Gasteiger partial charge on any atom is 0.225 e. The Hall–Kier alpha value is -1.93. The molecule has 1 aromatic rings. The zero-order chi connectivity index (χ0) is 19.8. The number of hydrogen-bond donors (Lipinski definition) is 1. The molecule has 1 unspecified atom stereocenters. The Kier molecular flexibility index (Phi) is 7.85. The number of nitrogens with zero attached hydrogens (tertiary/aromatic N) is 3. The molecule has 2 saturated heterocycles. The first-order valence-corrected chi connectivity index (χ1v) is 11.3. The lowest BCUT2D eigenvalue weighted by Crippen LogP contribution is -2.50. The van der Waals surface area contributed by atoms with Crippen molar-refractivity contribution in [3.05, 3.63) is 30.3 Å². The summed E-state index contributed by atoms with van der Waals surface area (Å²) in [5.41, 5.74) is 0. The number of rotatable bonds is 5. The smallest absolute Gasteiger partial charge is 0.225 e. The number of ether oxygens (including phenoxy) is 1. The number of hydrogen-bond acceptors (Lipinski definition) is 4. The van der Waals surface area contributed by atoms with Gasteiger partial charge < -0.3 is 19.9 Å². The summed E-state index contributed by atoms with van der Waals surface area (Å²) in [6.07, 6.45) is 1.68. The van der Waals surface area contributed by atoms with E-state index < -0.39 is 10.8 Å². The molecule has 2 heterocycles. The number of morpholine rings is 1. The van der Waals surface area contributed by atoms with Crippen LogP contribution in [0.25, 0.3) is 0 Å². The highest BCUT2D eigenvalue weighted by Crippen LogP contribution is 2.20. The predicted molar refractivity (Wildman–Crippen MR) is 111 cm³/mol. The first-order valence-electron chi connectivity index (χ1n) is 9.94. The van der Waals surface area contributed by atoms with Crippen LogP contribution in [0.5, 0.6) is 0 Å². The second-order valence-corrected chi connectivity index (χ2v) is 8.61. The molecule has 0 spiro atoms. The molecule has 154 valence electrons. The second-order valence-electron chi connectivity index (χ2n) is 7.04. The van der Waals surface area contributed by atoms with Crippen molar-refractivity contribution in [2.45, 2.75) is 17.7 Å². The Morgan fingerprint density at radius 2 is 1.82 bits per heavy atom. The maximum absolute atomic E-state index is 12.7. The van der Waals surface area contributed by atoms with Crippen molar-refractivity contribution in [3.63, 3.8) is 0 Å². The Labute approximate surface area is 169 Å². The first kappa shape index (κ1) is 20.8. The number of benzene rings is 1. The molecule has 0 radical (unpaired) electrons. The van der Waals surface area contributed by atoms with Gasteiger partial charge in [0.05, 0.1) is 24.0 Å². The lowest BCUT2D eigenvalue weighted by molar-refractivity contribution is -0.140. The summed E-state index contributed by atoms with van der Waals surface area (Å²) in [6, 6.07) is 9.51. The van der Waals surface area contributed by atoms with E-state index in [-0.39, 0.29) is 11.8 Å². The molecule has 2 fully saturated rings. The Bertz CT molecular complexity index is 684. The van der Waals surface area contributed by atoms with E-state index >= 15 is 0 Å². The minimum atomic E-state index is -1.02. The monoisotopic (exact) mass is 406 g/mol. The fourth-order valence-electron chi connectivity index (χ4n) is 3.66.